The number of benzene rings is 1. The number of hydrogen-bond donors (Lipinski definition) is 2. The maximum Gasteiger partial charge on any atom is 0.488 e. The van der Waals surface area contributed by atoms with E-state index in [0.717, 1.165) is 10.4 Å². The highest BCUT2D eigenvalue weighted by Crippen LogP contribution is 2.22. The molecule has 0 radical (unpaired) electrons. The number of halogens is 1. The smallest absolute Gasteiger partial charge is 0.423 e. The second-order valence-electron chi connectivity index (χ2n) is 3.21. The van der Waals surface area contributed by atoms with Gasteiger partial charge in [0.15, 0.2) is 4.34 Å². The summed E-state index contributed by atoms with van der Waals surface area (Å²) < 4.78 is 17.6. The lowest BCUT2D eigenvalue weighted by Gasteiger charge is -2.07. The highest BCUT2D eigenvalue weighted by molar-refractivity contribution is 8.00. The highest BCUT2D eigenvalue weighted by Gasteiger charge is 2.17. The number of nitrogens with zero attached hydrogens (tertiary/aromatic N) is 2. The minimum absolute atomic E-state index is 0.182. The molecule has 1 aromatic heterocycles. The standard InChI is InChI=1S/C9H8BFN2O2S2/c11-7-2-1-6(8(3-7)10(14)15)4-16-9-12-5-13-17-9/h1-3,5,14-15H,4H2. The first-order chi connectivity index (χ1) is 8.16. The molecule has 8 heteroatoms. The van der Waals surface area contributed by atoms with Gasteiger partial charge < -0.3 is 10.0 Å². The molecule has 1 aromatic carbocycles. The second-order valence-corrected chi connectivity index (χ2v) is 5.22. The minimum atomic E-state index is -1.67. The summed E-state index contributed by atoms with van der Waals surface area (Å²) in [6.07, 6.45) is 1.46. The molecule has 2 N–H and O–H groups in total. The van der Waals surface area contributed by atoms with Crippen LogP contribution in [0.5, 0.6) is 0 Å². The van der Waals surface area contributed by atoms with E-state index < -0.39 is 12.9 Å². The number of aromatic nitrogens is 2. The molecule has 88 valence electrons. The van der Waals surface area contributed by atoms with Crippen LogP contribution in [-0.2, 0) is 5.75 Å². The average molecular weight is 270 g/mol. The van der Waals surface area contributed by atoms with Crippen molar-refractivity contribution in [2.75, 3.05) is 0 Å². The normalized spacial score (nSPS) is 10.5. The van der Waals surface area contributed by atoms with Crippen molar-refractivity contribution < 1.29 is 14.4 Å². The van der Waals surface area contributed by atoms with E-state index in [1.807, 2.05) is 0 Å². The second kappa shape index (κ2) is 5.59. The summed E-state index contributed by atoms with van der Waals surface area (Å²) in [5, 5.41) is 18.3. The maximum atomic E-state index is 13.0. The highest BCUT2D eigenvalue weighted by atomic mass is 32.2. The Morgan fingerprint density at radius 1 is 1.41 bits per heavy atom. The van der Waals surface area contributed by atoms with Gasteiger partial charge in [0.25, 0.3) is 0 Å². The zero-order valence-electron chi connectivity index (χ0n) is 8.58. The molecule has 0 bridgehead atoms. The van der Waals surface area contributed by atoms with E-state index in [4.69, 9.17) is 10.0 Å². The molecule has 1 heterocycles. The summed E-state index contributed by atoms with van der Waals surface area (Å²) >= 11 is 2.68. The summed E-state index contributed by atoms with van der Waals surface area (Å²) in [5.74, 6) is 0.000338. The molecule has 2 aromatic rings. The summed E-state index contributed by atoms with van der Waals surface area (Å²) in [4.78, 5) is 3.99. The van der Waals surface area contributed by atoms with Crippen LogP contribution < -0.4 is 5.46 Å². The van der Waals surface area contributed by atoms with Gasteiger partial charge in [0, 0.05) is 5.75 Å². The van der Waals surface area contributed by atoms with E-state index >= 15 is 0 Å². The van der Waals surface area contributed by atoms with Crippen molar-refractivity contribution in [1.82, 2.24) is 9.36 Å². The van der Waals surface area contributed by atoms with Crippen molar-refractivity contribution in [1.29, 1.82) is 0 Å². The van der Waals surface area contributed by atoms with Gasteiger partial charge in [-0.15, -0.1) is 0 Å². The fourth-order valence-electron chi connectivity index (χ4n) is 1.30. The number of thioether (sulfide) groups is 1. The van der Waals surface area contributed by atoms with Gasteiger partial charge in [-0.3, -0.25) is 0 Å². The van der Waals surface area contributed by atoms with Gasteiger partial charge >= 0.3 is 7.12 Å². The molecule has 0 amide bonds. The third kappa shape index (κ3) is 3.26. The molecular weight excluding hydrogens is 262 g/mol. The van der Waals surface area contributed by atoms with Crippen LogP contribution >= 0.6 is 23.3 Å². The van der Waals surface area contributed by atoms with E-state index in [1.165, 1.54) is 41.8 Å². The fourth-order valence-corrected chi connectivity index (χ4v) is 2.76. The lowest BCUT2D eigenvalue weighted by atomic mass is 9.77. The Morgan fingerprint density at radius 3 is 2.88 bits per heavy atom. The van der Waals surface area contributed by atoms with Crippen molar-refractivity contribution in [3.8, 4) is 0 Å². The largest absolute Gasteiger partial charge is 0.488 e. The maximum absolute atomic E-state index is 13.0. The van der Waals surface area contributed by atoms with Gasteiger partial charge in [-0.05, 0) is 34.7 Å². The predicted octanol–water partition coefficient (Wildman–Crippen LogP) is 0.649. The molecule has 0 fully saturated rings. The Hall–Kier alpha value is -0.955. The van der Waals surface area contributed by atoms with Crippen LogP contribution in [0.1, 0.15) is 5.56 Å². The first kappa shape index (κ1) is 12.5. The van der Waals surface area contributed by atoms with E-state index in [9.17, 15) is 4.39 Å². The SMILES string of the molecule is OB(O)c1cc(F)ccc1CSc1ncns1. The first-order valence-electron chi connectivity index (χ1n) is 4.71. The van der Waals surface area contributed by atoms with E-state index in [0.29, 0.717) is 11.3 Å². The van der Waals surface area contributed by atoms with Crippen LogP contribution in [0.3, 0.4) is 0 Å². The van der Waals surface area contributed by atoms with Gasteiger partial charge in [0.1, 0.15) is 12.1 Å². The van der Waals surface area contributed by atoms with Crippen LogP contribution in [0.2, 0.25) is 0 Å². The Bertz CT molecular complexity index is 496. The Balaban J connectivity index is 2.14. The zero-order chi connectivity index (χ0) is 12.3. The van der Waals surface area contributed by atoms with Crippen molar-refractivity contribution >= 4 is 35.9 Å². The van der Waals surface area contributed by atoms with Gasteiger partial charge in [-0.25, -0.2) is 9.37 Å². The van der Waals surface area contributed by atoms with Crippen molar-refractivity contribution in [2.45, 2.75) is 10.1 Å². The fraction of sp³-hybridized carbons (Fsp3) is 0.111. The summed E-state index contributed by atoms with van der Waals surface area (Å²) in [6.45, 7) is 0. The topological polar surface area (TPSA) is 66.2 Å². The number of rotatable bonds is 4. The molecule has 0 spiro atoms. The van der Waals surface area contributed by atoms with E-state index in [-0.39, 0.29) is 5.46 Å². The first-order valence-corrected chi connectivity index (χ1v) is 6.46. The molecule has 2 rings (SSSR count). The predicted molar refractivity (Wildman–Crippen MR) is 65.7 cm³/mol. The van der Waals surface area contributed by atoms with Crippen LogP contribution in [-0.4, -0.2) is 26.5 Å². The van der Waals surface area contributed by atoms with Gasteiger partial charge in [-0.1, -0.05) is 17.8 Å². The molecule has 0 atom stereocenters. The minimum Gasteiger partial charge on any atom is -0.423 e. The quantitative estimate of drug-likeness (QED) is 0.630. The molecule has 4 nitrogen and oxygen atoms in total. The van der Waals surface area contributed by atoms with Crippen LogP contribution in [0.4, 0.5) is 4.39 Å². The van der Waals surface area contributed by atoms with Gasteiger partial charge in [-0.2, -0.15) is 4.37 Å². The van der Waals surface area contributed by atoms with Gasteiger partial charge in [0.2, 0.25) is 0 Å². The molecule has 0 aliphatic heterocycles. The lowest BCUT2D eigenvalue weighted by Crippen LogP contribution is -2.33. The van der Waals surface area contributed by atoms with Crippen molar-refractivity contribution in [3.05, 3.63) is 35.9 Å². The third-order valence-electron chi connectivity index (χ3n) is 2.08. The molecule has 0 aliphatic rings. The van der Waals surface area contributed by atoms with Gasteiger partial charge in [0.05, 0.1) is 0 Å². The Labute approximate surface area is 106 Å². The Morgan fingerprint density at radius 2 is 2.24 bits per heavy atom. The van der Waals surface area contributed by atoms with E-state index in [1.54, 1.807) is 0 Å². The summed E-state index contributed by atoms with van der Waals surface area (Å²) in [7, 11) is -1.67. The monoisotopic (exact) mass is 270 g/mol. The number of hydrogen-bond acceptors (Lipinski definition) is 6. The summed E-state index contributed by atoms with van der Waals surface area (Å²) in [6, 6.07) is 3.96. The van der Waals surface area contributed by atoms with Crippen LogP contribution in [0.25, 0.3) is 0 Å². The molecular formula is C9H8BFN2O2S2. The molecule has 0 aliphatic carbocycles. The molecule has 0 saturated heterocycles. The third-order valence-corrected chi connectivity index (χ3v) is 3.92. The molecule has 0 unspecified atom stereocenters. The van der Waals surface area contributed by atoms with E-state index in [2.05, 4.69) is 9.36 Å². The molecule has 17 heavy (non-hydrogen) atoms. The van der Waals surface area contributed by atoms with Crippen LogP contribution in [0, 0.1) is 5.82 Å². The average Bonchev–Trinajstić information content (AvgIpc) is 2.80. The summed E-state index contributed by atoms with van der Waals surface area (Å²) in [5.41, 5.74) is 0.851. The molecule has 0 saturated carbocycles. The van der Waals surface area contributed by atoms with Crippen molar-refractivity contribution in [3.63, 3.8) is 0 Å². The lowest BCUT2D eigenvalue weighted by molar-refractivity contribution is 0.425. The Kier molecular flexibility index (Phi) is 4.11. The zero-order valence-corrected chi connectivity index (χ0v) is 10.2. The van der Waals surface area contributed by atoms with Crippen molar-refractivity contribution in [2.24, 2.45) is 0 Å². The van der Waals surface area contributed by atoms with Crippen LogP contribution in [0.15, 0.2) is 28.9 Å².